The number of nitrogens with one attached hydrogen (secondary N) is 1. The van der Waals surface area contributed by atoms with Crippen LogP contribution in [0, 0.1) is 0 Å². The van der Waals surface area contributed by atoms with Crippen LogP contribution in [0.5, 0.6) is 0 Å². The summed E-state index contributed by atoms with van der Waals surface area (Å²) in [7, 11) is 1.59. The molecule has 0 aliphatic heterocycles. The van der Waals surface area contributed by atoms with Crippen LogP contribution in [0.15, 0.2) is 18.7 Å². The fourth-order valence-corrected chi connectivity index (χ4v) is 1.23. The minimum Gasteiger partial charge on any atom is -0.385 e. The van der Waals surface area contributed by atoms with E-state index in [-0.39, 0.29) is 5.91 Å². The summed E-state index contributed by atoms with van der Waals surface area (Å²) in [5.41, 5.74) is 5.65. The molecule has 0 bridgehead atoms. The first-order valence-corrected chi connectivity index (χ1v) is 5.22. The van der Waals surface area contributed by atoms with Gasteiger partial charge in [0.25, 0.3) is 0 Å². The van der Waals surface area contributed by atoms with E-state index in [1.807, 2.05) is 10.8 Å². The van der Waals surface area contributed by atoms with Crippen LogP contribution in [0.25, 0.3) is 0 Å². The maximum Gasteiger partial charge on any atom is 0.237 e. The number of aromatic nitrogens is 2. The maximum atomic E-state index is 11.5. The molecule has 6 heteroatoms. The van der Waals surface area contributed by atoms with Crippen LogP contribution in [0.4, 0.5) is 0 Å². The van der Waals surface area contributed by atoms with Crippen molar-refractivity contribution >= 4 is 5.91 Å². The minimum atomic E-state index is -0.497. The smallest absolute Gasteiger partial charge is 0.237 e. The number of nitrogens with zero attached hydrogens (tertiary/aromatic N) is 2. The number of hydrogen-bond donors (Lipinski definition) is 2. The average molecular weight is 226 g/mol. The molecule has 1 rings (SSSR count). The van der Waals surface area contributed by atoms with Crippen molar-refractivity contribution in [2.24, 2.45) is 5.73 Å². The number of nitrogens with two attached hydrogens (primary N) is 1. The van der Waals surface area contributed by atoms with Crippen LogP contribution in [0.3, 0.4) is 0 Å². The molecule has 0 fully saturated rings. The largest absolute Gasteiger partial charge is 0.385 e. The van der Waals surface area contributed by atoms with Gasteiger partial charge in [0.05, 0.1) is 12.4 Å². The number of hydrogen-bond acceptors (Lipinski definition) is 4. The molecule has 16 heavy (non-hydrogen) atoms. The lowest BCUT2D eigenvalue weighted by atomic mass is 10.2. The van der Waals surface area contributed by atoms with Gasteiger partial charge in [-0.1, -0.05) is 0 Å². The lowest BCUT2D eigenvalue weighted by Gasteiger charge is -2.11. The zero-order chi connectivity index (χ0) is 11.8. The summed E-state index contributed by atoms with van der Waals surface area (Å²) in [5.74, 6) is -0.142. The van der Waals surface area contributed by atoms with Gasteiger partial charge in [-0.2, -0.15) is 0 Å². The molecule has 0 saturated heterocycles. The van der Waals surface area contributed by atoms with E-state index in [1.54, 1.807) is 19.6 Å². The first-order valence-electron chi connectivity index (χ1n) is 5.22. The molecule has 0 saturated carbocycles. The topological polar surface area (TPSA) is 82.2 Å². The Labute approximate surface area is 94.8 Å². The number of carbonyl (C=O) groups excluding carboxylic acids is 1. The van der Waals surface area contributed by atoms with Crippen molar-refractivity contribution in [3.63, 3.8) is 0 Å². The van der Waals surface area contributed by atoms with E-state index >= 15 is 0 Å². The third-order valence-corrected chi connectivity index (χ3v) is 2.20. The minimum absolute atomic E-state index is 0.142. The number of methoxy groups -OCH3 is 1. The highest BCUT2D eigenvalue weighted by Crippen LogP contribution is 1.89. The summed E-state index contributed by atoms with van der Waals surface area (Å²) in [6.07, 6.45) is 5.79. The third-order valence-electron chi connectivity index (χ3n) is 2.20. The van der Waals surface area contributed by atoms with Crippen LogP contribution < -0.4 is 11.1 Å². The maximum absolute atomic E-state index is 11.5. The Morgan fingerprint density at radius 1 is 1.69 bits per heavy atom. The summed E-state index contributed by atoms with van der Waals surface area (Å²) < 4.78 is 6.74. The van der Waals surface area contributed by atoms with Gasteiger partial charge in [0, 0.05) is 39.2 Å². The molecule has 3 N–H and O–H groups in total. The van der Waals surface area contributed by atoms with Crippen LogP contribution in [-0.4, -0.2) is 41.8 Å². The van der Waals surface area contributed by atoms with Gasteiger partial charge in [0.1, 0.15) is 0 Å². The van der Waals surface area contributed by atoms with Crippen LogP contribution in [0.2, 0.25) is 0 Å². The fourth-order valence-electron chi connectivity index (χ4n) is 1.23. The van der Waals surface area contributed by atoms with Gasteiger partial charge in [0.15, 0.2) is 0 Å². The summed E-state index contributed by atoms with van der Waals surface area (Å²) in [6.45, 7) is 1.74. The van der Waals surface area contributed by atoms with Gasteiger partial charge in [-0.25, -0.2) is 4.98 Å². The predicted molar refractivity (Wildman–Crippen MR) is 59.7 cm³/mol. The second-order valence-electron chi connectivity index (χ2n) is 3.48. The molecule has 0 radical (unpaired) electrons. The molecule has 1 amide bonds. The number of imidazole rings is 1. The molecule has 0 aromatic carbocycles. The van der Waals surface area contributed by atoms with Crippen molar-refractivity contribution in [2.75, 3.05) is 20.3 Å². The molecule has 1 unspecified atom stereocenters. The first kappa shape index (κ1) is 12.7. The van der Waals surface area contributed by atoms with Gasteiger partial charge < -0.3 is 20.4 Å². The van der Waals surface area contributed by atoms with Gasteiger partial charge >= 0.3 is 0 Å². The zero-order valence-corrected chi connectivity index (χ0v) is 9.43. The van der Waals surface area contributed by atoms with Crippen molar-refractivity contribution < 1.29 is 9.53 Å². The van der Waals surface area contributed by atoms with Crippen LogP contribution in [-0.2, 0) is 16.1 Å². The second-order valence-corrected chi connectivity index (χ2v) is 3.48. The number of amides is 1. The molecule has 0 aliphatic carbocycles. The molecular weight excluding hydrogens is 208 g/mol. The fraction of sp³-hybridized carbons (Fsp3) is 0.600. The lowest BCUT2D eigenvalue weighted by molar-refractivity contribution is -0.122. The van der Waals surface area contributed by atoms with E-state index in [4.69, 9.17) is 10.5 Å². The first-order chi connectivity index (χ1) is 7.74. The Morgan fingerprint density at radius 2 is 2.50 bits per heavy atom. The molecule has 1 atom stereocenters. The Morgan fingerprint density at radius 3 is 3.12 bits per heavy atom. The average Bonchev–Trinajstić information content (AvgIpc) is 2.78. The summed E-state index contributed by atoms with van der Waals surface area (Å²) in [5, 5.41) is 2.76. The normalized spacial score (nSPS) is 12.4. The lowest BCUT2D eigenvalue weighted by Crippen LogP contribution is -2.42. The van der Waals surface area contributed by atoms with Crippen molar-refractivity contribution in [1.29, 1.82) is 0 Å². The van der Waals surface area contributed by atoms with Crippen molar-refractivity contribution in [1.82, 2.24) is 14.9 Å². The number of carbonyl (C=O) groups is 1. The van der Waals surface area contributed by atoms with Crippen LogP contribution in [0.1, 0.15) is 6.42 Å². The molecule has 0 aliphatic rings. The SMILES string of the molecule is COCCC(N)C(=O)NCCn1ccnc1. The molecule has 0 spiro atoms. The van der Waals surface area contributed by atoms with Crippen molar-refractivity contribution in [3.8, 4) is 0 Å². The molecule has 1 heterocycles. The van der Waals surface area contributed by atoms with Crippen LogP contribution >= 0.6 is 0 Å². The highest BCUT2D eigenvalue weighted by atomic mass is 16.5. The second kappa shape index (κ2) is 6.97. The zero-order valence-electron chi connectivity index (χ0n) is 9.43. The summed E-state index contributed by atoms with van der Waals surface area (Å²) in [4.78, 5) is 15.4. The van der Waals surface area contributed by atoms with E-state index < -0.39 is 6.04 Å². The molecule has 6 nitrogen and oxygen atoms in total. The van der Waals surface area contributed by atoms with Crippen molar-refractivity contribution in [2.45, 2.75) is 19.0 Å². The van der Waals surface area contributed by atoms with E-state index in [2.05, 4.69) is 10.3 Å². The monoisotopic (exact) mass is 226 g/mol. The molecular formula is C10H18N4O2. The van der Waals surface area contributed by atoms with E-state index in [9.17, 15) is 4.79 Å². The Bertz CT molecular complexity index is 300. The van der Waals surface area contributed by atoms with Gasteiger partial charge in [-0.05, 0) is 6.42 Å². The third kappa shape index (κ3) is 4.41. The van der Waals surface area contributed by atoms with Crippen molar-refractivity contribution in [3.05, 3.63) is 18.7 Å². The van der Waals surface area contributed by atoms with Gasteiger partial charge in [-0.15, -0.1) is 0 Å². The molecule has 90 valence electrons. The molecule has 1 aromatic rings. The Hall–Kier alpha value is -1.40. The summed E-state index contributed by atoms with van der Waals surface area (Å²) in [6, 6.07) is -0.497. The Kier molecular flexibility index (Phi) is 5.52. The highest BCUT2D eigenvalue weighted by molar-refractivity contribution is 5.81. The number of rotatable bonds is 7. The Balaban J connectivity index is 2.14. The highest BCUT2D eigenvalue weighted by Gasteiger charge is 2.11. The van der Waals surface area contributed by atoms with Gasteiger partial charge in [0.2, 0.25) is 5.91 Å². The number of ether oxygens (including phenoxy) is 1. The standard InChI is InChI=1S/C10H18N4O2/c1-16-7-2-9(11)10(15)13-4-6-14-5-3-12-8-14/h3,5,8-9H,2,4,6-7,11H2,1H3,(H,13,15). The van der Waals surface area contributed by atoms with E-state index in [1.165, 1.54) is 0 Å². The van der Waals surface area contributed by atoms with E-state index in [0.717, 1.165) is 0 Å². The van der Waals surface area contributed by atoms with Gasteiger partial charge in [-0.3, -0.25) is 4.79 Å². The summed E-state index contributed by atoms with van der Waals surface area (Å²) >= 11 is 0. The quantitative estimate of drug-likeness (QED) is 0.648. The predicted octanol–water partition coefficient (Wildman–Crippen LogP) is -0.637. The van der Waals surface area contributed by atoms with E-state index in [0.29, 0.717) is 26.1 Å². The molecule has 1 aromatic heterocycles.